The summed E-state index contributed by atoms with van der Waals surface area (Å²) in [6.45, 7) is 0.985. The molecular formula is C15H21NO3. The molecule has 0 amide bonds. The standard InChI is InChI=1S/C15H21NO3/c1-19-15(18)10-16(14(11-17)13-7-8-13)9-12-5-3-2-4-6-12/h2-6,13-14,17H,7-11H2,1H3. The molecule has 1 fully saturated rings. The van der Waals surface area contributed by atoms with Crippen molar-refractivity contribution in [1.29, 1.82) is 0 Å². The van der Waals surface area contributed by atoms with Crippen LogP contribution in [0.1, 0.15) is 18.4 Å². The fourth-order valence-corrected chi connectivity index (χ4v) is 2.38. The maximum Gasteiger partial charge on any atom is 0.319 e. The van der Waals surface area contributed by atoms with Crippen molar-refractivity contribution >= 4 is 5.97 Å². The minimum atomic E-state index is -0.255. The third-order valence-electron chi connectivity index (χ3n) is 3.61. The number of carbonyl (C=O) groups excluding carboxylic acids is 1. The molecule has 1 unspecified atom stereocenters. The Balaban J connectivity index is 2.06. The van der Waals surface area contributed by atoms with Crippen molar-refractivity contribution in [2.75, 3.05) is 20.3 Å². The fraction of sp³-hybridized carbons (Fsp3) is 0.533. The number of aliphatic hydroxyl groups excluding tert-OH is 1. The molecule has 4 heteroatoms. The van der Waals surface area contributed by atoms with Crippen LogP contribution < -0.4 is 0 Å². The number of nitrogens with zero attached hydrogens (tertiary/aromatic N) is 1. The highest BCUT2D eigenvalue weighted by molar-refractivity contribution is 5.71. The fourth-order valence-electron chi connectivity index (χ4n) is 2.38. The Hall–Kier alpha value is -1.39. The number of hydrogen-bond donors (Lipinski definition) is 1. The maximum atomic E-state index is 11.5. The highest BCUT2D eigenvalue weighted by Gasteiger charge is 2.35. The number of aliphatic hydroxyl groups is 1. The van der Waals surface area contributed by atoms with E-state index in [1.54, 1.807) is 0 Å². The molecular weight excluding hydrogens is 242 g/mol. The van der Waals surface area contributed by atoms with E-state index in [0.29, 0.717) is 12.5 Å². The van der Waals surface area contributed by atoms with E-state index in [9.17, 15) is 9.90 Å². The number of ether oxygens (including phenoxy) is 1. The number of carbonyl (C=O) groups is 1. The van der Waals surface area contributed by atoms with Crippen LogP contribution in [0.5, 0.6) is 0 Å². The molecule has 0 saturated heterocycles. The molecule has 1 aliphatic rings. The summed E-state index contributed by atoms with van der Waals surface area (Å²) in [5.41, 5.74) is 1.14. The molecule has 0 radical (unpaired) electrons. The minimum Gasteiger partial charge on any atom is -0.468 e. The van der Waals surface area contributed by atoms with Crippen molar-refractivity contribution in [2.24, 2.45) is 5.92 Å². The first-order valence-corrected chi connectivity index (χ1v) is 6.70. The Bertz CT molecular complexity index is 403. The first-order chi connectivity index (χ1) is 9.24. The van der Waals surface area contributed by atoms with Gasteiger partial charge in [-0.2, -0.15) is 0 Å². The van der Waals surface area contributed by atoms with Crippen LogP contribution >= 0.6 is 0 Å². The first-order valence-electron chi connectivity index (χ1n) is 6.70. The molecule has 4 nitrogen and oxygen atoms in total. The lowest BCUT2D eigenvalue weighted by molar-refractivity contribution is -0.143. The van der Waals surface area contributed by atoms with Crippen LogP contribution in [0, 0.1) is 5.92 Å². The molecule has 104 valence electrons. The van der Waals surface area contributed by atoms with Crippen molar-refractivity contribution in [3.8, 4) is 0 Å². The topological polar surface area (TPSA) is 49.8 Å². The normalized spacial score (nSPS) is 16.4. The van der Waals surface area contributed by atoms with Gasteiger partial charge < -0.3 is 9.84 Å². The van der Waals surface area contributed by atoms with E-state index >= 15 is 0 Å². The number of rotatable bonds is 7. The van der Waals surface area contributed by atoms with E-state index in [1.165, 1.54) is 7.11 Å². The third-order valence-corrected chi connectivity index (χ3v) is 3.61. The molecule has 19 heavy (non-hydrogen) atoms. The van der Waals surface area contributed by atoms with Gasteiger partial charge in [0.2, 0.25) is 0 Å². The lowest BCUT2D eigenvalue weighted by Crippen LogP contribution is -2.42. The Labute approximate surface area is 114 Å². The number of esters is 1. The summed E-state index contributed by atoms with van der Waals surface area (Å²) in [6, 6.07) is 10.1. The van der Waals surface area contributed by atoms with Gasteiger partial charge >= 0.3 is 5.97 Å². The average Bonchev–Trinajstić information content (AvgIpc) is 3.25. The molecule has 1 atom stereocenters. The van der Waals surface area contributed by atoms with Gasteiger partial charge in [0.1, 0.15) is 0 Å². The zero-order valence-electron chi connectivity index (χ0n) is 11.3. The van der Waals surface area contributed by atoms with Gasteiger partial charge in [0.25, 0.3) is 0 Å². The van der Waals surface area contributed by atoms with Gasteiger partial charge in [-0.15, -0.1) is 0 Å². The van der Waals surface area contributed by atoms with E-state index in [0.717, 1.165) is 18.4 Å². The lowest BCUT2D eigenvalue weighted by Gasteiger charge is -2.29. The van der Waals surface area contributed by atoms with Gasteiger partial charge in [-0.3, -0.25) is 9.69 Å². The van der Waals surface area contributed by atoms with Crippen LogP contribution in [0.25, 0.3) is 0 Å². The zero-order valence-corrected chi connectivity index (χ0v) is 11.3. The van der Waals surface area contributed by atoms with Crippen molar-refractivity contribution < 1.29 is 14.6 Å². The number of benzene rings is 1. The van der Waals surface area contributed by atoms with Crippen molar-refractivity contribution in [1.82, 2.24) is 4.90 Å². The molecule has 1 aromatic rings. The second-order valence-corrected chi connectivity index (χ2v) is 5.05. The zero-order chi connectivity index (χ0) is 13.7. The van der Waals surface area contributed by atoms with Crippen molar-refractivity contribution in [3.63, 3.8) is 0 Å². The van der Waals surface area contributed by atoms with Gasteiger partial charge in [0.05, 0.1) is 20.3 Å². The van der Waals surface area contributed by atoms with E-state index in [2.05, 4.69) is 0 Å². The van der Waals surface area contributed by atoms with E-state index in [-0.39, 0.29) is 25.2 Å². The molecule has 1 N–H and O–H groups in total. The highest BCUT2D eigenvalue weighted by Crippen LogP contribution is 2.35. The Morgan fingerprint density at radius 2 is 2.11 bits per heavy atom. The van der Waals surface area contributed by atoms with Gasteiger partial charge in [0, 0.05) is 12.6 Å². The van der Waals surface area contributed by atoms with Crippen molar-refractivity contribution in [3.05, 3.63) is 35.9 Å². The van der Waals surface area contributed by atoms with Gasteiger partial charge in [-0.25, -0.2) is 0 Å². The number of methoxy groups -OCH3 is 1. The summed E-state index contributed by atoms with van der Waals surface area (Å²) in [4.78, 5) is 13.6. The number of hydrogen-bond acceptors (Lipinski definition) is 4. The summed E-state index contributed by atoms with van der Waals surface area (Å²) >= 11 is 0. The van der Waals surface area contributed by atoms with Gasteiger partial charge in [-0.05, 0) is 24.3 Å². The van der Waals surface area contributed by atoms with Crippen molar-refractivity contribution in [2.45, 2.75) is 25.4 Å². The summed E-state index contributed by atoms with van der Waals surface area (Å²) in [6.07, 6.45) is 2.27. The quantitative estimate of drug-likeness (QED) is 0.756. The third kappa shape index (κ3) is 4.04. The van der Waals surface area contributed by atoms with Crippen LogP contribution in [0.3, 0.4) is 0 Å². The van der Waals surface area contributed by atoms with Crippen LogP contribution in [-0.2, 0) is 16.1 Å². The van der Waals surface area contributed by atoms with E-state index in [4.69, 9.17) is 4.74 Å². The molecule has 0 heterocycles. The smallest absolute Gasteiger partial charge is 0.319 e. The molecule has 1 aliphatic carbocycles. The SMILES string of the molecule is COC(=O)CN(Cc1ccccc1)C(CO)C1CC1. The minimum absolute atomic E-state index is 0.0549. The monoisotopic (exact) mass is 263 g/mol. The second kappa shape index (κ2) is 6.68. The summed E-state index contributed by atoms with van der Waals surface area (Å²) in [5, 5.41) is 9.58. The Morgan fingerprint density at radius 1 is 1.42 bits per heavy atom. The summed E-state index contributed by atoms with van der Waals surface area (Å²) in [7, 11) is 1.40. The predicted molar refractivity (Wildman–Crippen MR) is 72.5 cm³/mol. The molecule has 0 aromatic heterocycles. The molecule has 0 bridgehead atoms. The molecule has 1 aromatic carbocycles. The van der Waals surface area contributed by atoms with E-state index < -0.39 is 0 Å². The largest absolute Gasteiger partial charge is 0.468 e. The van der Waals surface area contributed by atoms with Gasteiger partial charge in [0.15, 0.2) is 0 Å². The molecule has 0 spiro atoms. The van der Waals surface area contributed by atoms with Gasteiger partial charge in [-0.1, -0.05) is 30.3 Å². The molecule has 1 saturated carbocycles. The van der Waals surface area contributed by atoms with E-state index in [1.807, 2.05) is 35.2 Å². The highest BCUT2D eigenvalue weighted by atomic mass is 16.5. The van der Waals surface area contributed by atoms with Crippen LogP contribution in [0.4, 0.5) is 0 Å². The predicted octanol–water partition coefficient (Wildman–Crippen LogP) is 1.43. The average molecular weight is 263 g/mol. The maximum absolute atomic E-state index is 11.5. The molecule has 2 rings (SSSR count). The Kier molecular flexibility index (Phi) is 4.93. The van der Waals surface area contributed by atoms with Crippen LogP contribution in [0.15, 0.2) is 30.3 Å². The first kappa shape index (κ1) is 14.0. The molecule has 0 aliphatic heterocycles. The summed E-state index contributed by atoms with van der Waals surface area (Å²) in [5.74, 6) is 0.258. The summed E-state index contributed by atoms with van der Waals surface area (Å²) < 4.78 is 4.75. The lowest BCUT2D eigenvalue weighted by atomic mass is 10.1. The van der Waals surface area contributed by atoms with Crippen LogP contribution in [0.2, 0.25) is 0 Å². The Morgan fingerprint density at radius 3 is 2.63 bits per heavy atom. The van der Waals surface area contributed by atoms with Crippen LogP contribution in [-0.4, -0.2) is 42.3 Å². The second-order valence-electron chi connectivity index (χ2n) is 5.05.